The zero-order valence-corrected chi connectivity index (χ0v) is 12.1. The number of piperidine rings is 1. The minimum atomic E-state index is -0.931. The Bertz CT molecular complexity index is 364. The number of esters is 1. The summed E-state index contributed by atoms with van der Waals surface area (Å²) in [5.41, 5.74) is 5.36. The predicted molar refractivity (Wildman–Crippen MR) is 70.8 cm³/mol. The summed E-state index contributed by atoms with van der Waals surface area (Å²) in [7, 11) is 1.33. The molecule has 19 heavy (non-hydrogen) atoms. The molecule has 2 atom stereocenters. The second-order valence-electron chi connectivity index (χ2n) is 6.43. The highest BCUT2D eigenvalue weighted by Crippen LogP contribution is 2.37. The fraction of sp³-hybridized carbons (Fsp3) is 0.846. The molecule has 1 aliphatic heterocycles. The molecule has 1 amide bonds. The van der Waals surface area contributed by atoms with Crippen molar-refractivity contribution >= 4 is 12.1 Å². The van der Waals surface area contributed by atoms with Gasteiger partial charge >= 0.3 is 12.1 Å². The summed E-state index contributed by atoms with van der Waals surface area (Å²) in [6, 6.07) is -0.201. The highest BCUT2D eigenvalue weighted by atomic mass is 16.5. The number of likely N-dealkylation sites (tertiary alicyclic amines) is 1. The molecule has 0 saturated carbocycles. The number of methoxy groups -OCH3 is 1. The molecule has 0 bridgehead atoms. The van der Waals surface area contributed by atoms with E-state index in [9.17, 15) is 14.7 Å². The Labute approximate surface area is 113 Å². The minimum Gasteiger partial charge on any atom is -0.469 e. The molecule has 0 spiro atoms. The van der Waals surface area contributed by atoms with Crippen molar-refractivity contribution in [2.24, 2.45) is 11.1 Å². The fourth-order valence-corrected chi connectivity index (χ4v) is 2.62. The molecular formula is C13H24N2O4. The van der Waals surface area contributed by atoms with Gasteiger partial charge in [0.2, 0.25) is 0 Å². The number of ether oxygens (including phenoxy) is 1. The van der Waals surface area contributed by atoms with Crippen LogP contribution >= 0.6 is 0 Å². The lowest BCUT2D eigenvalue weighted by atomic mass is 9.73. The number of nitrogens with two attached hydrogens (primary N) is 1. The molecule has 2 unspecified atom stereocenters. The monoisotopic (exact) mass is 272 g/mol. The summed E-state index contributed by atoms with van der Waals surface area (Å²) < 4.78 is 4.66. The molecule has 0 aromatic heterocycles. The standard InChI is InChI=1S/C13H24N2O4/c1-12(2,3)9-7-13(14,8-10(16)19-4)5-6-15(9)11(17)18/h9H,5-8,14H2,1-4H3,(H,17,18). The highest BCUT2D eigenvalue weighted by molar-refractivity contribution is 5.71. The Kier molecular flexibility index (Phi) is 4.45. The van der Waals surface area contributed by atoms with Gasteiger partial charge in [0.05, 0.1) is 13.5 Å². The van der Waals surface area contributed by atoms with E-state index >= 15 is 0 Å². The highest BCUT2D eigenvalue weighted by Gasteiger charge is 2.44. The zero-order chi connectivity index (χ0) is 14.8. The number of nitrogens with zero attached hydrogens (tertiary/aromatic N) is 1. The van der Waals surface area contributed by atoms with E-state index in [0.29, 0.717) is 19.4 Å². The molecule has 0 aromatic carbocycles. The summed E-state index contributed by atoms with van der Waals surface area (Å²) in [5.74, 6) is -0.348. The lowest BCUT2D eigenvalue weighted by Gasteiger charge is -2.48. The quantitative estimate of drug-likeness (QED) is 0.742. The van der Waals surface area contributed by atoms with Gasteiger partial charge in [0, 0.05) is 18.1 Å². The minimum absolute atomic E-state index is 0.129. The Morgan fingerprint density at radius 2 is 2.05 bits per heavy atom. The van der Waals surface area contributed by atoms with E-state index in [1.54, 1.807) is 0 Å². The Morgan fingerprint density at radius 3 is 2.47 bits per heavy atom. The molecule has 6 heteroatoms. The van der Waals surface area contributed by atoms with E-state index in [-0.39, 0.29) is 23.8 Å². The van der Waals surface area contributed by atoms with Crippen LogP contribution in [0.25, 0.3) is 0 Å². The average Bonchev–Trinajstić information content (AvgIpc) is 2.26. The molecule has 1 heterocycles. The summed E-state index contributed by atoms with van der Waals surface area (Å²) in [5, 5.41) is 9.26. The van der Waals surface area contributed by atoms with E-state index in [4.69, 9.17) is 5.73 Å². The van der Waals surface area contributed by atoms with Gasteiger partial charge in [-0.15, -0.1) is 0 Å². The van der Waals surface area contributed by atoms with Crippen molar-refractivity contribution in [2.45, 2.75) is 51.6 Å². The van der Waals surface area contributed by atoms with Crippen LogP contribution in [0.5, 0.6) is 0 Å². The van der Waals surface area contributed by atoms with Crippen molar-refractivity contribution in [2.75, 3.05) is 13.7 Å². The molecule has 6 nitrogen and oxygen atoms in total. The van der Waals surface area contributed by atoms with Crippen LogP contribution in [-0.2, 0) is 9.53 Å². The molecule has 1 aliphatic rings. The molecule has 3 N–H and O–H groups in total. The average molecular weight is 272 g/mol. The van der Waals surface area contributed by atoms with Crippen molar-refractivity contribution in [3.8, 4) is 0 Å². The maximum Gasteiger partial charge on any atom is 0.407 e. The number of carboxylic acid groups (broad SMARTS) is 1. The number of hydrogen-bond donors (Lipinski definition) is 2. The molecule has 1 saturated heterocycles. The maximum atomic E-state index is 11.4. The molecule has 0 aliphatic carbocycles. The lowest BCUT2D eigenvalue weighted by Crippen LogP contribution is -2.60. The van der Waals surface area contributed by atoms with Gasteiger partial charge in [-0.1, -0.05) is 20.8 Å². The summed E-state index contributed by atoms with van der Waals surface area (Å²) in [6.45, 7) is 6.30. The van der Waals surface area contributed by atoms with E-state index in [1.807, 2.05) is 20.8 Å². The van der Waals surface area contributed by atoms with Gasteiger partial charge in [-0.25, -0.2) is 4.79 Å². The van der Waals surface area contributed by atoms with E-state index in [0.717, 1.165) is 0 Å². The SMILES string of the molecule is COC(=O)CC1(N)CCN(C(=O)O)C(C(C)(C)C)C1. The second-order valence-corrected chi connectivity index (χ2v) is 6.43. The summed E-state index contributed by atoms with van der Waals surface area (Å²) >= 11 is 0. The van der Waals surface area contributed by atoms with Gasteiger partial charge in [0.1, 0.15) is 0 Å². The Hall–Kier alpha value is -1.30. The van der Waals surface area contributed by atoms with Crippen molar-refractivity contribution < 1.29 is 19.4 Å². The first kappa shape index (κ1) is 15.8. The Morgan fingerprint density at radius 1 is 1.47 bits per heavy atom. The second kappa shape index (κ2) is 5.36. The molecule has 0 radical (unpaired) electrons. The van der Waals surface area contributed by atoms with Crippen LogP contribution in [-0.4, -0.2) is 47.3 Å². The van der Waals surface area contributed by atoms with Gasteiger partial charge in [0.25, 0.3) is 0 Å². The van der Waals surface area contributed by atoms with Gasteiger partial charge in [-0.2, -0.15) is 0 Å². The first-order valence-electron chi connectivity index (χ1n) is 6.44. The number of amides is 1. The molecule has 1 rings (SSSR count). The third-order valence-electron chi connectivity index (χ3n) is 3.80. The number of rotatable bonds is 2. The van der Waals surface area contributed by atoms with Crippen LogP contribution in [0.4, 0.5) is 4.79 Å². The van der Waals surface area contributed by atoms with E-state index in [1.165, 1.54) is 12.0 Å². The number of hydrogen-bond acceptors (Lipinski definition) is 4. The van der Waals surface area contributed by atoms with Gasteiger partial charge < -0.3 is 20.5 Å². The molecular weight excluding hydrogens is 248 g/mol. The van der Waals surface area contributed by atoms with Gasteiger partial charge in [-0.3, -0.25) is 4.79 Å². The van der Waals surface area contributed by atoms with Crippen LogP contribution in [0, 0.1) is 5.41 Å². The third kappa shape index (κ3) is 3.83. The van der Waals surface area contributed by atoms with Crippen LogP contribution < -0.4 is 5.73 Å². The van der Waals surface area contributed by atoms with E-state index < -0.39 is 11.6 Å². The number of carbonyl (C=O) groups is 2. The van der Waals surface area contributed by atoms with Crippen LogP contribution in [0.3, 0.4) is 0 Å². The third-order valence-corrected chi connectivity index (χ3v) is 3.80. The smallest absolute Gasteiger partial charge is 0.407 e. The van der Waals surface area contributed by atoms with Gasteiger partial charge in [0.15, 0.2) is 0 Å². The normalized spacial score (nSPS) is 28.1. The number of carbonyl (C=O) groups excluding carboxylic acids is 1. The fourth-order valence-electron chi connectivity index (χ4n) is 2.62. The molecule has 1 fully saturated rings. The van der Waals surface area contributed by atoms with Crippen molar-refractivity contribution in [3.05, 3.63) is 0 Å². The van der Waals surface area contributed by atoms with Crippen molar-refractivity contribution in [1.29, 1.82) is 0 Å². The first-order chi connectivity index (χ1) is 8.59. The van der Waals surface area contributed by atoms with Crippen LogP contribution in [0.2, 0.25) is 0 Å². The molecule has 110 valence electrons. The van der Waals surface area contributed by atoms with Crippen molar-refractivity contribution in [3.63, 3.8) is 0 Å². The Balaban J connectivity index is 2.90. The summed E-state index contributed by atoms with van der Waals surface area (Å²) in [4.78, 5) is 24.2. The topological polar surface area (TPSA) is 92.9 Å². The van der Waals surface area contributed by atoms with Gasteiger partial charge in [-0.05, 0) is 18.3 Å². The first-order valence-corrected chi connectivity index (χ1v) is 6.44. The lowest BCUT2D eigenvalue weighted by molar-refractivity contribution is -0.142. The van der Waals surface area contributed by atoms with E-state index in [2.05, 4.69) is 4.74 Å². The largest absolute Gasteiger partial charge is 0.469 e. The zero-order valence-electron chi connectivity index (χ0n) is 12.1. The maximum absolute atomic E-state index is 11.4. The summed E-state index contributed by atoms with van der Waals surface area (Å²) in [6.07, 6.45) is 0.141. The predicted octanol–water partition coefficient (Wildman–Crippen LogP) is 1.44. The van der Waals surface area contributed by atoms with Crippen molar-refractivity contribution in [1.82, 2.24) is 4.90 Å². The van der Waals surface area contributed by atoms with Crippen LogP contribution in [0.15, 0.2) is 0 Å². The van der Waals surface area contributed by atoms with Crippen LogP contribution in [0.1, 0.15) is 40.0 Å². The molecule has 0 aromatic rings.